The molecular formula is C68H66BN3O2. The third-order valence-electron chi connectivity index (χ3n) is 18.3. The summed E-state index contributed by atoms with van der Waals surface area (Å²) >= 11 is 0. The van der Waals surface area contributed by atoms with Gasteiger partial charge in [-0.25, -0.2) is 0 Å². The minimum atomic E-state index is -0.182. The lowest BCUT2D eigenvalue weighted by Crippen LogP contribution is -2.61. The first kappa shape index (κ1) is 45.4. The Bertz CT molecular complexity index is 3800. The summed E-state index contributed by atoms with van der Waals surface area (Å²) < 4.78 is 13.5. The van der Waals surface area contributed by atoms with Gasteiger partial charge in [-0.2, -0.15) is 0 Å². The number of fused-ring (bicyclic) bond motifs is 13. The highest BCUT2D eigenvalue weighted by molar-refractivity contribution is 7.00. The monoisotopic (exact) mass is 968 g/mol. The lowest BCUT2D eigenvalue weighted by Gasteiger charge is -2.51. The molecule has 4 aliphatic rings. The lowest BCUT2D eigenvalue weighted by atomic mass is 9.33. The van der Waals surface area contributed by atoms with E-state index in [9.17, 15) is 0 Å². The summed E-state index contributed by atoms with van der Waals surface area (Å²) in [6, 6.07) is 57.9. The second kappa shape index (κ2) is 15.2. The van der Waals surface area contributed by atoms with Crippen molar-refractivity contribution < 1.29 is 8.83 Å². The predicted molar refractivity (Wildman–Crippen MR) is 314 cm³/mol. The Kier molecular flexibility index (Phi) is 9.34. The average Bonchev–Trinajstić information content (AvgIpc) is 4.00. The second-order valence-corrected chi connectivity index (χ2v) is 25.7. The third kappa shape index (κ3) is 6.36. The number of benzene rings is 8. The van der Waals surface area contributed by atoms with Crippen LogP contribution in [0.4, 0.5) is 45.5 Å². The van der Waals surface area contributed by atoms with Crippen molar-refractivity contribution in [1.29, 1.82) is 0 Å². The first-order chi connectivity index (χ1) is 35.3. The fraction of sp³-hybridized carbons (Fsp3) is 0.294. The van der Waals surface area contributed by atoms with E-state index < -0.39 is 0 Å². The van der Waals surface area contributed by atoms with Crippen molar-refractivity contribution in [3.63, 3.8) is 0 Å². The molecule has 2 atom stereocenters. The van der Waals surface area contributed by atoms with Crippen LogP contribution in [0.2, 0.25) is 0 Å². The molecule has 0 N–H and O–H groups in total. The van der Waals surface area contributed by atoms with Crippen molar-refractivity contribution in [3.05, 3.63) is 174 Å². The SMILES string of the molecule is CC(C)(C)c1ccc2c(c1)N(c1ccc3c(c1)oc1ccccc13)c1cc(N3c4ccc(C(C)(C)C)cc4C4(C)CCCCC34C)cc3c1B2c1ccc(C(C)(C)C)cc1N3c1ccc2c(c1)oc1ccccc12. The van der Waals surface area contributed by atoms with Crippen LogP contribution in [0.5, 0.6) is 0 Å². The summed E-state index contributed by atoms with van der Waals surface area (Å²) in [4.78, 5) is 7.98. The first-order valence-electron chi connectivity index (χ1n) is 27.2. The Morgan fingerprint density at radius 1 is 0.419 bits per heavy atom. The molecule has 10 aromatic rings. The van der Waals surface area contributed by atoms with Gasteiger partial charge in [0.15, 0.2) is 0 Å². The van der Waals surface area contributed by atoms with Gasteiger partial charge in [0.05, 0.1) is 5.54 Å². The van der Waals surface area contributed by atoms with Gasteiger partial charge in [0, 0.05) is 84.6 Å². The van der Waals surface area contributed by atoms with Crippen molar-refractivity contribution in [3.8, 4) is 0 Å². The van der Waals surface area contributed by atoms with E-state index in [1.54, 1.807) is 0 Å². The van der Waals surface area contributed by atoms with Gasteiger partial charge in [-0.1, -0.05) is 155 Å². The van der Waals surface area contributed by atoms with Gasteiger partial charge in [0.25, 0.3) is 6.71 Å². The highest BCUT2D eigenvalue weighted by atomic mass is 16.3. The van der Waals surface area contributed by atoms with Crippen LogP contribution in [0.15, 0.2) is 160 Å². The van der Waals surface area contributed by atoms with Gasteiger partial charge in [-0.15, -0.1) is 0 Å². The van der Waals surface area contributed by atoms with Gasteiger partial charge in [0.1, 0.15) is 22.3 Å². The standard InChI is InChI=1S/C68H66BN3O2/c1-64(2,3)41-24-31-54-51(34-41)67(10)32-16-17-33-68(67,11)72(54)46-37-57-63-58(38-46)71(45-26-28-50-48-19-13-15-21-60(48)74-62(50)40-45)56-36-43(66(7,8)9)23-30-53(56)69(63)52-29-22-42(65(4,5)6)35-55(52)70(57)44-25-27-49-47-18-12-14-20-59(47)73-61(49)39-44/h12-15,18-31,34-40H,16-17,32-33H2,1-11H3. The Labute approximate surface area is 436 Å². The van der Waals surface area contributed by atoms with Crippen molar-refractivity contribution >= 4 is 112 Å². The summed E-state index contributed by atoms with van der Waals surface area (Å²) in [6.45, 7) is 26.2. The van der Waals surface area contributed by atoms with Gasteiger partial charge in [0.2, 0.25) is 0 Å². The highest BCUT2D eigenvalue weighted by Gasteiger charge is 2.58. The number of furan rings is 2. The molecule has 74 heavy (non-hydrogen) atoms. The minimum absolute atomic E-state index is 0.0242. The van der Waals surface area contributed by atoms with Crippen LogP contribution in [0.25, 0.3) is 43.9 Å². The number of hydrogen-bond donors (Lipinski definition) is 0. The molecule has 1 fully saturated rings. The topological polar surface area (TPSA) is 36.0 Å². The van der Waals surface area contributed by atoms with Crippen molar-refractivity contribution in [2.45, 2.75) is 129 Å². The molecule has 1 saturated carbocycles. The zero-order valence-corrected chi connectivity index (χ0v) is 45.0. The maximum atomic E-state index is 6.74. The largest absolute Gasteiger partial charge is 0.456 e. The van der Waals surface area contributed by atoms with Crippen molar-refractivity contribution in [1.82, 2.24) is 0 Å². The third-order valence-corrected chi connectivity index (χ3v) is 18.3. The molecule has 2 aromatic heterocycles. The van der Waals surface area contributed by atoms with Crippen LogP contribution in [-0.4, -0.2) is 12.3 Å². The number of hydrogen-bond acceptors (Lipinski definition) is 5. The molecule has 0 saturated heterocycles. The van der Waals surface area contributed by atoms with E-state index in [1.807, 2.05) is 0 Å². The molecule has 0 spiro atoms. The number of nitrogens with zero attached hydrogens (tertiary/aromatic N) is 3. The van der Waals surface area contributed by atoms with Crippen LogP contribution in [0, 0.1) is 0 Å². The van der Waals surface area contributed by atoms with Crippen LogP contribution in [-0.2, 0) is 21.7 Å². The van der Waals surface area contributed by atoms with Gasteiger partial charge in [-0.3, -0.25) is 0 Å². The summed E-state index contributed by atoms with van der Waals surface area (Å²) in [5.74, 6) is 0. The normalized spacial score (nSPS) is 19.3. The molecule has 368 valence electrons. The molecule has 3 aliphatic heterocycles. The van der Waals surface area contributed by atoms with E-state index in [-0.39, 0.29) is 33.9 Å². The van der Waals surface area contributed by atoms with Gasteiger partial charge in [-0.05, 0) is 141 Å². The zero-order valence-electron chi connectivity index (χ0n) is 45.0. The Morgan fingerprint density at radius 2 is 0.878 bits per heavy atom. The smallest absolute Gasteiger partial charge is 0.252 e. The van der Waals surface area contributed by atoms with E-state index in [0.717, 1.165) is 68.1 Å². The van der Waals surface area contributed by atoms with Crippen molar-refractivity contribution in [2.75, 3.05) is 14.7 Å². The first-order valence-corrected chi connectivity index (χ1v) is 27.2. The van der Waals surface area contributed by atoms with E-state index >= 15 is 0 Å². The van der Waals surface area contributed by atoms with Crippen molar-refractivity contribution in [2.24, 2.45) is 0 Å². The molecule has 5 heterocycles. The highest BCUT2D eigenvalue weighted by Crippen LogP contribution is 2.62. The van der Waals surface area contributed by atoms with Gasteiger partial charge >= 0.3 is 0 Å². The molecule has 0 amide bonds. The van der Waals surface area contributed by atoms with Crippen LogP contribution >= 0.6 is 0 Å². The van der Waals surface area contributed by atoms with E-state index in [0.29, 0.717) is 0 Å². The molecule has 6 heteroatoms. The summed E-state index contributed by atoms with van der Waals surface area (Å²) in [5.41, 5.74) is 22.1. The molecule has 1 aliphatic carbocycles. The molecule has 8 aromatic carbocycles. The van der Waals surface area contributed by atoms with E-state index in [4.69, 9.17) is 8.83 Å². The molecule has 2 unspecified atom stereocenters. The Balaban J connectivity index is 1.11. The fourth-order valence-corrected chi connectivity index (χ4v) is 13.9. The Hall–Kier alpha value is -7.18. The lowest BCUT2D eigenvalue weighted by molar-refractivity contribution is 0.195. The predicted octanol–water partition coefficient (Wildman–Crippen LogP) is 17.2. The average molecular weight is 968 g/mol. The number of para-hydroxylation sites is 2. The second-order valence-electron chi connectivity index (χ2n) is 25.7. The zero-order chi connectivity index (χ0) is 51.0. The summed E-state index contributed by atoms with van der Waals surface area (Å²) in [5, 5.41) is 4.53. The molecule has 14 rings (SSSR count). The maximum absolute atomic E-state index is 6.74. The van der Waals surface area contributed by atoms with Gasteiger partial charge < -0.3 is 23.5 Å². The summed E-state index contributed by atoms with van der Waals surface area (Å²) in [7, 11) is 0. The van der Waals surface area contributed by atoms with Crippen LogP contribution in [0.3, 0.4) is 0 Å². The van der Waals surface area contributed by atoms with Crippen LogP contribution < -0.4 is 31.1 Å². The maximum Gasteiger partial charge on any atom is 0.252 e. The molecule has 5 nitrogen and oxygen atoms in total. The fourth-order valence-electron chi connectivity index (χ4n) is 13.9. The van der Waals surface area contributed by atoms with E-state index in [2.05, 4.69) is 243 Å². The number of anilines is 8. The molecule has 0 bridgehead atoms. The minimum Gasteiger partial charge on any atom is -0.456 e. The quantitative estimate of drug-likeness (QED) is 0.165. The Morgan fingerprint density at radius 3 is 1.39 bits per heavy atom. The number of rotatable bonds is 3. The van der Waals surface area contributed by atoms with E-state index in [1.165, 1.54) is 85.6 Å². The molecule has 0 radical (unpaired) electrons. The van der Waals surface area contributed by atoms with Crippen LogP contribution in [0.1, 0.15) is 124 Å². The molecular weight excluding hydrogens is 902 g/mol. The summed E-state index contributed by atoms with van der Waals surface area (Å²) in [6.07, 6.45) is 4.68.